The number of anilines is 1. The minimum absolute atomic E-state index is 0.287. The van der Waals surface area contributed by atoms with Crippen molar-refractivity contribution in [2.45, 2.75) is 13.5 Å². The number of hydrogen-bond acceptors (Lipinski definition) is 2. The van der Waals surface area contributed by atoms with E-state index in [-0.39, 0.29) is 5.91 Å². The van der Waals surface area contributed by atoms with Crippen LogP contribution in [0.4, 0.5) is 5.69 Å². The van der Waals surface area contributed by atoms with E-state index in [0.717, 1.165) is 14.5 Å². The van der Waals surface area contributed by atoms with E-state index < -0.39 is 0 Å². The third-order valence-electron chi connectivity index (χ3n) is 3.65. The van der Waals surface area contributed by atoms with Crippen LogP contribution in [0.15, 0.2) is 57.5 Å². The molecule has 0 fully saturated rings. The largest absolute Gasteiger partial charge is 0.321 e. The summed E-state index contributed by atoms with van der Waals surface area (Å²) in [5, 5.41) is 7.60. The van der Waals surface area contributed by atoms with Gasteiger partial charge in [-0.3, -0.25) is 4.79 Å². The second kappa shape index (κ2) is 7.72. The van der Waals surface area contributed by atoms with Gasteiger partial charge in [0.2, 0.25) is 0 Å². The Balaban J connectivity index is 1.85. The lowest BCUT2D eigenvalue weighted by atomic mass is 10.2. The Hall–Kier alpha value is -1.63. The predicted molar refractivity (Wildman–Crippen MR) is 107 cm³/mol. The number of rotatable bonds is 4. The fraction of sp³-hybridized carbons (Fsp3) is 0.111. The zero-order valence-corrected chi connectivity index (χ0v) is 17.2. The van der Waals surface area contributed by atoms with Gasteiger partial charge in [-0.2, -0.15) is 5.10 Å². The van der Waals surface area contributed by atoms with Crippen molar-refractivity contribution in [1.29, 1.82) is 0 Å². The van der Waals surface area contributed by atoms with Crippen LogP contribution in [-0.2, 0) is 6.54 Å². The van der Waals surface area contributed by atoms with Crippen LogP contribution in [0, 0.1) is 6.92 Å². The van der Waals surface area contributed by atoms with Crippen LogP contribution in [0.5, 0.6) is 0 Å². The summed E-state index contributed by atoms with van der Waals surface area (Å²) in [6, 6.07) is 15.4. The number of nitrogens with zero attached hydrogens (tertiary/aromatic N) is 2. The fourth-order valence-electron chi connectivity index (χ4n) is 2.45. The lowest BCUT2D eigenvalue weighted by Gasteiger charge is -2.08. The maximum absolute atomic E-state index is 12.7. The van der Waals surface area contributed by atoms with E-state index in [1.807, 2.05) is 48.5 Å². The fourth-order valence-corrected chi connectivity index (χ4v) is 3.91. The molecule has 0 spiro atoms. The number of carbonyl (C=O) groups is 1. The highest BCUT2D eigenvalue weighted by Gasteiger charge is 2.21. The Morgan fingerprint density at radius 2 is 1.92 bits per heavy atom. The van der Waals surface area contributed by atoms with Crippen LogP contribution in [0.25, 0.3) is 0 Å². The van der Waals surface area contributed by atoms with E-state index in [1.54, 1.807) is 11.6 Å². The Morgan fingerprint density at radius 1 is 1.20 bits per heavy atom. The van der Waals surface area contributed by atoms with Gasteiger partial charge in [-0.25, -0.2) is 4.68 Å². The normalized spacial score (nSPS) is 10.7. The Morgan fingerprint density at radius 3 is 2.60 bits per heavy atom. The molecule has 0 aliphatic heterocycles. The number of halogens is 3. The number of nitrogens with one attached hydrogen (secondary N) is 1. The van der Waals surface area contributed by atoms with Crippen LogP contribution >= 0.6 is 43.5 Å². The average Bonchev–Trinajstić information content (AvgIpc) is 2.85. The highest BCUT2D eigenvalue weighted by atomic mass is 79.9. The highest BCUT2D eigenvalue weighted by molar-refractivity contribution is 9.11. The van der Waals surface area contributed by atoms with Crippen molar-refractivity contribution in [3.63, 3.8) is 0 Å². The first kappa shape index (κ1) is 18.2. The molecule has 1 heterocycles. The topological polar surface area (TPSA) is 46.9 Å². The van der Waals surface area contributed by atoms with E-state index in [0.29, 0.717) is 28.6 Å². The van der Waals surface area contributed by atoms with Gasteiger partial charge >= 0.3 is 0 Å². The summed E-state index contributed by atoms with van der Waals surface area (Å²) in [6.07, 6.45) is 0. The number of carbonyl (C=O) groups excluding carboxylic acids is 1. The summed E-state index contributed by atoms with van der Waals surface area (Å²) < 4.78 is 3.33. The van der Waals surface area contributed by atoms with Gasteiger partial charge in [0.05, 0.1) is 23.5 Å². The molecule has 3 aromatic rings. The summed E-state index contributed by atoms with van der Waals surface area (Å²) >= 11 is 13.3. The van der Waals surface area contributed by atoms with Crippen LogP contribution in [0.3, 0.4) is 0 Å². The van der Waals surface area contributed by atoms with Gasteiger partial charge in [0.1, 0.15) is 5.15 Å². The van der Waals surface area contributed by atoms with E-state index in [1.165, 1.54) is 0 Å². The molecule has 0 radical (unpaired) electrons. The van der Waals surface area contributed by atoms with Gasteiger partial charge in [-0.1, -0.05) is 57.9 Å². The summed E-state index contributed by atoms with van der Waals surface area (Å²) in [5.74, 6) is -0.287. The van der Waals surface area contributed by atoms with Crippen molar-refractivity contribution in [2.75, 3.05) is 5.32 Å². The van der Waals surface area contributed by atoms with E-state index in [2.05, 4.69) is 42.3 Å². The molecule has 0 bridgehead atoms. The Kier molecular flexibility index (Phi) is 5.61. The van der Waals surface area contributed by atoms with Gasteiger partial charge in [0, 0.05) is 8.95 Å². The maximum atomic E-state index is 12.7. The van der Waals surface area contributed by atoms with Crippen molar-refractivity contribution in [1.82, 2.24) is 9.78 Å². The molecule has 1 N–H and O–H groups in total. The van der Waals surface area contributed by atoms with Crippen LogP contribution in [-0.4, -0.2) is 15.7 Å². The van der Waals surface area contributed by atoms with E-state index in [9.17, 15) is 4.79 Å². The molecule has 0 aliphatic rings. The lowest BCUT2D eigenvalue weighted by Crippen LogP contribution is -2.13. The second-order valence-electron chi connectivity index (χ2n) is 5.47. The molecular weight excluding hydrogens is 469 g/mol. The summed E-state index contributed by atoms with van der Waals surface area (Å²) in [5.41, 5.74) is 2.70. The molecule has 4 nitrogen and oxygen atoms in total. The molecule has 128 valence electrons. The first-order valence-corrected chi connectivity index (χ1v) is 9.45. The molecule has 1 amide bonds. The molecule has 1 aromatic heterocycles. The number of benzene rings is 2. The molecule has 0 atom stereocenters. The van der Waals surface area contributed by atoms with Gasteiger partial charge in [-0.15, -0.1) is 0 Å². The quantitative estimate of drug-likeness (QED) is 0.520. The summed E-state index contributed by atoms with van der Waals surface area (Å²) in [7, 11) is 0. The van der Waals surface area contributed by atoms with Crippen LogP contribution < -0.4 is 5.32 Å². The smallest absolute Gasteiger partial charge is 0.260 e. The average molecular weight is 484 g/mol. The molecule has 0 aliphatic carbocycles. The standard InChI is InChI=1S/C18H14Br2ClN3O/c1-11-16(18(25)22-15-8-7-13(19)9-14(15)20)17(21)24(23-11)10-12-5-3-2-4-6-12/h2-9H,10H2,1H3,(H,22,25). The van der Waals surface area contributed by atoms with Crippen LogP contribution in [0.2, 0.25) is 5.15 Å². The Labute approximate surface area is 167 Å². The van der Waals surface area contributed by atoms with Crippen molar-refractivity contribution in [2.24, 2.45) is 0 Å². The summed E-state index contributed by atoms with van der Waals surface area (Å²) in [6.45, 7) is 2.29. The van der Waals surface area contributed by atoms with Crippen molar-refractivity contribution >= 4 is 55.1 Å². The molecule has 0 saturated carbocycles. The summed E-state index contributed by atoms with van der Waals surface area (Å²) in [4.78, 5) is 12.7. The Bertz CT molecular complexity index is 926. The second-order valence-corrected chi connectivity index (χ2v) is 7.60. The monoisotopic (exact) mass is 481 g/mol. The van der Waals surface area contributed by atoms with E-state index >= 15 is 0 Å². The van der Waals surface area contributed by atoms with Gasteiger partial charge < -0.3 is 5.32 Å². The van der Waals surface area contributed by atoms with Gasteiger partial charge in [0.15, 0.2) is 0 Å². The third kappa shape index (κ3) is 4.14. The molecule has 25 heavy (non-hydrogen) atoms. The van der Waals surface area contributed by atoms with Gasteiger partial charge in [0.25, 0.3) is 5.91 Å². The highest BCUT2D eigenvalue weighted by Crippen LogP contribution is 2.28. The zero-order chi connectivity index (χ0) is 18.0. The first-order valence-electron chi connectivity index (χ1n) is 7.49. The predicted octanol–water partition coefficient (Wildman–Crippen LogP) is 5.67. The number of aryl methyl sites for hydroxylation is 1. The molecule has 3 rings (SSSR count). The number of hydrogen-bond donors (Lipinski definition) is 1. The number of aromatic nitrogens is 2. The van der Waals surface area contributed by atoms with E-state index in [4.69, 9.17) is 11.6 Å². The van der Waals surface area contributed by atoms with Crippen molar-refractivity contribution in [3.05, 3.63) is 79.5 Å². The third-order valence-corrected chi connectivity index (χ3v) is 5.18. The maximum Gasteiger partial charge on any atom is 0.260 e. The molecule has 0 unspecified atom stereocenters. The minimum Gasteiger partial charge on any atom is -0.321 e. The molecule has 0 saturated heterocycles. The SMILES string of the molecule is Cc1nn(Cc2ccccc2)c(Cl)c1C(=O)Nc1ccc(Br)cc1Br. The van der Waals surface area contributed by atoms with Crippen molar-refractivity contribution in [3.8, 4) is 0 Å². The first-order chi connectivity index (χ1) is 12.0. The molecule has 7 heteroatoms. The van der Waals surface area contributed by atoms with Crippen molar-refractivity contribution < 1.29 is 4.79 Å². The zero-order valence-electron chi connectivity index (χ0n) is 13.3. The molecule has 2 aromatic carbocycles. The molecular formula is C18H14Br2ClN3O. The lowest BCUT2D eigenvalue weighted by molar-refractivity contribution is 0.102. The minimum atomic E-state index is -0.287. The van der Waals surface area contributed by atoms with Crippen LogP contribution in [0.1, 0.15) is 21.6 Å². The number of amides is 1. The van der Waals surface area contributed by atoms with Gasteiger partial charge in [-0.05, 0) is 46.6 Å².